The van der Waals surface area contributed by atoms with Gasteiger partial charge in [-0.25, -0.2) is 8.42 Å². The summed E-state index contributed by atoms with van der Waals surface area (Å²) in [6.07, 6.45) is 0. The van der Waals surface area contributed by atoms with Crippen molar-refractivity contribution in [2.24, 2.45) is 7.05 Å². The van der Waals surface area contributed by atoms with Crippen molar-refractivity contribution in [2.45, 2.75) is 25.7 Å². The van der Waals surface area contributed by atoms with Crippen LogP contribution in [0, 0.1) is 13.8 Å². The van der Waals surface area contributed by atoms with Crippen LogP contribution in [-0.2, 0) is 21.9 Å². The molecule has 1 N–H and O–H groups in total. The zero-order valence-electron chi connectivity index (χ0n) is 14.2. The summed E-state index contributed by atoms with van der Waals surface area (Å²) in [6, 6.07) is 0. The average Bonchev–Trinajstić information content (AvgIpc) is 2.73. The average molecular weight is 343 g/mol. The largest absolute Gasteiger partial charge is 0.355 e. The summed E-state index contributed by atoms with van der Waals surface area (Å²) in [5, 5.41) is 6.95. The van der Waals surface area contributed by atoms with Crippen LogP contribution in [0.2, 0.25) is 0 Å². The first kappa shape index (κ1) is 17.9. The summed E-state index contributed by atoms with van der Waals surface area (Å²) in [4.78, 5) is 13.9. The van der Waals surface area contributed by atoms with E-state index in [2.05, 4.69) is 10.4 Å². The van der Waals surface area contributed by atoms with Crippen molar-refractivity contribution in [3.05, 3.63) is 11.4 Å². The quantitative estimate of drug-likeness (QED) is 0.777. The lowest BCUT2D eigenvalue weighted by atomic mass is 10.3. The Morgan fingerprint density at radius 3 is 2.30 bits per heavy atom. The van der Waals surface area contributed by atoms with Gasteiger partial charge in [0.25, 0.3) is 0 Å². The van der Waals surface area contributed by atoms with Crippen LogP contribution in [0.15, 0.2) is 4.90 Å². The van der Waals surface area contributed by atoms with Crippen molar-refractivity contribution < 1.29 is 13.2 Å². The van der Waals surface area contributed by atoms with Crippen molar-refractivity contribution in [1.82, 2.24) is 24.3 Å². The zero-order chi connectivity index (χ0) is 17.2. The van der Waals surface area contributed by atoms with Crippen molar-refractivity contribution in [3.8, 4) is 0 Å². The molecular weight excluding hydrogens is 318 g/mol. The molecule has 2 rings (SSSR count). The molecule has 1 amide bonds. The second kappa shape index (κ2) is 6.98. The fraction of sp³-hybridized carbons (Fsp3) is 0.714. The normalized spacial score (nSPS) is 17.4. The van der Waals surface area contributed by atoms with Crippen LogP contribution in [0.25, 0.3) is 0 Å². The predicted molar refractivity (Wildman–Crippen MR) is 86.6 cm³/mol. The van der Waals surface area contributed by atoms with Crippen molar-refractivity contribution >= 4 is 15.9 Å². The molecule has 1 aromatic heterocycles. The first-order valence-electron chi connectivity index (χ1n) is 7.76. The molecule has 1 fully saturated rings. The fourth-order valence-electron chi connectivity index (χ4n) is 2.84. The van der Waals surface area contributed by atoms with E-state index in [4.69, 9.17) is 0 Å². The van der Waals surface area contributed by atoms with E-state index in [1.807, 2.05) is 11.8 Å². The van der Waals surface area contributed by atoms with Gasteiger partial charge in [-0.2, -0.15) is 9.40 Å². The Labute approximate surface area is 137 Å². The minimum absolute atomic E-state index is 0.0252. The molecule has 0 aliphatic carbocycles. The monoisotopic (exact) mass is 343 g/mol. The summed E-state index contributed by atoms with van der Waals surface area (Å²) in [5.41, 5.74) is 1.17. The Morgan fingerprint density at radius 1 is 1.22 bits per heavy atom. The summed E-state index contributed by atoms with van der Waals surface area (Å²) in [5.74, 6) is -0.0252. The van der Waals surface area contributed by atoms with Crippen LogP contribution in [-0.4, -0.2) is 72.6 Å². The number of rotatable bonds is 5. The van der Waals surface area contributed by atoms with Gasteiger partial charge in [0.2, 0.25) is 15.9 Å². The Bertz CT molecular complexity index is 675. The van der Waals surface area contributed by atoms with E-state index >= 15 is 0 Å². The Balaban J connectivity index is 2.06. The molecule has 2 heterocycles. The number of piperazine rings is 1. The number of nitrogens with zero attached hydrogens (tertiary/aromatic N) is 4. The summed E-state index contributed by atoms with van der Waals surface area (Å²) in [6.45, 7) is 8.14. The number of aryl methyl sites for hydroxylation is 2. The van der Waals surface area contributed by atoms with Crippen molar-refractivity contribution in [2.75, 3.05) is 39.3 Å². The lowest BCUT2D eigenvalue weighted by Gasteiger charge is -2.33. The van der Waals surface area contributed by atoms with Gasteiger partial charge >= 0.3 is 0 Å². The molecule has 0 spiro atoms. The molecular formula is C14H25N5O3S. The van der Waals surface area contributed by atoms with Gasteiger partial charge < -0.3 is 5.32 Å². The van der Waals surface area contributed by atoms with Gasteiger partial charge in [-0.3, -0.25) is 14.4 Å². The van der Waals surface area contributed by atoms with Gasteiger partial charge in [-0.15, -0.1) is 0 Å². The Morgan fingerprint density at radius 2 is 1.83 bits per heavy atom. The first-order chi connectivity index (χ1) is 10.8. The molecule has 8 nitrogen and oxygen atoms in total. The van der Waals surface area contributed by atoms with Crippen LogP contribution in [0.1, 0.15) is 18.3 Å². The van der Waals surface area contributed by atoms with Crippen molar-refractivity contribution in [1.29, 1.82) is 0 Å². The second-order valence-corrected chi connectivity index (χ2v) is 7.63. The van der Waals surface area contributed by atoms with Gasteiger partial charge in [0.15, 0.2) is 0 Å². The molecule has 0 unspecified atom stereocenters. The first-order valence-corrected chi connectivity index (χ1v) is 9.20. The van der Waals surface area contributed by atoms with Crippen LogP contribution in [0.5, 0.6) is 0 Å². The summed E-state index contributed by atoms with van der Waals surface area (Å²) < 4.78 is 28.8. The second-order valence-electron chi connectivity index (χ2n) is 5.76. The number of amides is 1. The number of aromatic nitrogens is 2. The van der Waals surface area contributed by atoms with Crippen LogP contribution < -0.4 is 5.32 Å². The third-order valence-corrected chi connectivity index (χ3v) is 6.26. The topological polar surface area (TPSA) is 87.5 Å². The number of sulfonamides is 1. The molecule has 130 valence electrons. The third kappa shape index (κ3) is 3.73. The van der Waals surface area contributed by atoms with E-state index in [0.717, 1.165) is 0 Å². The maximum Gasteiger partial charge on any atom is 0.246 e. The fourth-order valence-corrected chi connectivity index (χ4v) is 4.66. The molecule has 0 aromatic carbocycles. The minimum Gasteiger partial charge on any atom is -0.355 e. The molecule has 0 radical (unpaired) electrons. The smallest absolute Gasteiger partial charge is 0.246 e. The van der Waals surface area contributed by atoms with Crippen LogP contribution in [0.3, 0.4) is 0 Å². The zero-order valence-corrected chi connectivity index (χ0v) is 15.0. The van der Waals surface area contributed by atoms with Gasteiger partial charge in [0.05, 0.1) is 17.9 Å². The molecule has 9 heteroatoms. The number of likely N-dealkylation sites (N-methyl/N-ethyl adjacent to an activating group) is 1. The number of nitrogens with one attached hydrogen (secondary N) is 1. The Kier molecular flexibility index (Phi) is 5.43. The van der Waals surface area contributed by atoms with E-state index < -0.39 is 10.0 Å². The van der Waals surface area contributed by atoms with Crippen LogP contribution >= 0.6 is 0 Å². The van der Waals surface area contributed by atoms with Crippen molar-refractivity contribution in [3.63, 3.8) is 0 Å². The number of hydrogen-bond acceptors (Lipinski definition) is 5. The van der Waals surface area contributed by atoms with Crippen LogP contribution in [0.4, 0.5) is 0 Å². The lowest BCUT2D eigenvalue weighted by molar-refractivity contribution is -0.122. The van der Waals surface area contributed by atoms with E-state index in [1.54, 1.807) is 25.6 Å². The molecule has 0 bridgehead atoms. The van der Waals surface area contributed by atoms with E-state index in [1.165, 1.54) is 4.31 Å². The highest BCUT2D eigenvalue weighted by Crippen LogP contribution is 2.23. The molecule has 1 aromatic rings. The minimum atomic E-state index is -3.54. The standard InChI is InChI=1S/C14H25N5O3S/c1-5-15-13(20)10-18-6-8-19(9-7-18)23(21,22)14-11(2)16-17(4)12(14)3/h5-10H2,1-4H3,(H,15,20). The number of carbonyl (C=O) groups is 1. The molecule has 0 saturated carbocycles. The van der Waals surface area contributed by atoms with Gasteiger partial charge in [-0.1, -0.05) is 0 Å². The molecule has 0 atom stereocenters. The van der Waals surface area contributed by atoms with E-state index in [9.17, 15) is 13.2 Å². The SMILES string of the molecule is CCNC(=O)CN1CCN(S(=O)(=O)c2c(C)nn(C)c2C)CC1. The van der Waals surface area contributed by atoms with Gasteiger partial charge in [0.1, 0.15) is 4.90 Å². The molecule has 1 saturated heterocycles. The van der Waals surface area contributed by atoms with Gasteiger partial charge in [-0.05, 0) is 20.8 Å². The number of hydrogen-bond donors (Lipinski definition) is 1. The summed E-state index contributed by atoms with van der Waals surface area (Å²) >= 11 is 0. The highest BCUT2D eigenvalue weighted by atomic mass is 32.2. The maximum absolute atomic E-state index is 12.8. The predicted octanol–water partition coefficient (Wildman–Crippen LogP) is -0.521. The van der Waals surface area contributed by atoms with Gasteiger partial charge in [0, 0.05) is 39.8 Å². The molecule has 1 aliphatic rings. The number of carbonyl (C=O) groups excluding carboxylic acids is 1. The lowest BCUT2D eigenvalue weighted by Crippen LogP contribution is -2.51. The summed E-state index contributed by atoms with van der Waals surface area (Å²) in [7, 11) is -1.80. The third-order valence-electron chi connectivity index (χ3n) is 4.11. The van der Waals surface area contributed by atoms with E-state index in [0.29, 0.717) is 55.6 Å². The highest BCUT2D eigenvalue weighted by molar-refractivity contribution is 7.89. The maximum atomic E-state index is 12.8. The molecule has 1 aliphatic heterocycles. The Hall–Kier alpha value is -1.45. The highest BCUT2D eigenvalue weighted by Gasteiger charge is 2.33. The van der Waals surface area contributed by atoms with E-state index in [-0.39, 0.29) is 5.91 Å². The molecule has 23 heavy (non-hydrogen) atoms.